The standard InChI is InChI=1S/C32H42O4/c1-19-2-21-3-20(1)10-31(9-19,11-21)27-7-29(35-17-25-15-33-25)30(36-18-26-16-34-26)8-28(27)32-12-22-4-23(13-32)6-24(5-22)14-32/h7-8,19-26H,1-6,9-18H2. The van der Waals surface area contributed by atoms with Crippen molar-refractivity contribution in [2.45, 2.75) is 100 Å². The van der Waals surface area contributed by atoms with E-state index in [2.05, 4.69) is 12.1 Å². The van der Waals surface area contributed by atoms with Crippen molar-refractivity contribution in [3.63, 3.8) is 0 Å². The van der Waals surface area contributed by atoms with Crippen LogP contribution in [0.4, 0.5) is 0 Å². The summed E-state index contributed by atoms with van der Waals surface area (Å²) in [6.07, 6.45) is 18.0. The van der Waals surface area contributed by atoms with E-state index in [1.807, 2.05) is 0 Å². The summed E-state index contributed by atoms with van der Waals surface area (Å²) < 4.78 is 24.0. The third-order valence-electron chi connectivity index (χ3n) is 12.0. The van der Waals surface area contributed by atoms with E-state index in [0.717, 1.165) is 60.2 Å². The maximum absolute atomic E-state index is 6.50. The second-order valence-corrected chi connectivity index (χ2v) is 14.8. The number of epoxide rings is 2. The first kappa shape index (κ1) is 21.6. The van der Waals surface area contributed by atoms with E-state index in [1.54, 1.807) is 11.1 Å². The number of hydrogen-bond donors (Lipinski definition) is 0. The smallest absolute Gasteiger partial charge is 0.161 e. The summed E-state index contributed by atoms with van der Waals surface area (Å²) in [5, 5.41) is 0. The molecular formula is C32H42O4. The van der Waals surface area contributed by atoms with Gasteiger partial charge in [-0.25, -0.2) is 0 Å². The molecule has 10 aliphatic rings. The van der Waals surface area contributed by atoms with Crippen LogP contribution in [0.2, 0.25) is 0 Å². The van der Waals surface area contributed by atoms with Gasteiger partial charge in [0.1, 0.15) is 25.4 Å². The van der Waals surface area contributed by atoms with Gasteiger partial charge >= 0.3 is 0 Å². The van der Waals surface area contributed by atoms with E-state index in [0.29, 0.717) is 24.0 Å². The SMILES string of the molecule is c1c(OCC2CO2)c(OCC2CO2)cc(C23CC4CC(CC(C4)C2)C3)c1C12CC3CC(CC(C3)C1)C2. The van der Waals surface area contributed by atoms with Crippen LogP contribution >= 0.6 is 0 Å². The molecule has 36 heavy (non-hydrogen) atoms. The van der Waals surface area contributed by atoms with Crippen molar-refractivity contribution in [2.24, 2.45) is 35.5 Å². The van der Waals surface area contributed by atoms with Gasteiger partial charge in [0.15, 0.2) is 11.5 Å². The van der Waals surface area contributed by atoms with E-state index < -0.39 is 0 Å². The van der Waals surface area contributed by atoms with E-state index in [-0.39, 0.29) is 12.2 Å². The van der Waals surface area contributed by atoms with Crippen LogP contribution in [0.15, 0.2) is 12.1 Å². The van der Waals surface area contributed by atoms with Crippen LogP contribution in [0.5, 0.6) is 11.5 Å². The number of ether oxygens (including phenoxy) is 4. The lowest BCUT2D eigenvalue weighted by atomic mass is 9.44. The molecule has 8 bridgehead atoms. The van der Waals surface area contributed by atoms with Gasteiger partial charge in [0.25, 0.3) is 0 Å². The monoisotopic (exact) mass is 490 g/mol. The van der Waals surface area contributed by atoms with Crippen LogP contribution in [0, 0.1) is 35.5 Å². The highest BCUT2D eigenvalue weighted by Gasteiger charge is 2.57. The zero-order valence-electron chi connectivity index (χ0n) is 21.7. The molecule has 194 valence electrons. The summed E-state index contributed by atoms with van der Waals surface area (Å²) >= 11 is 0. The Hall–Kier alpha value is -1.26. The maximum atomic E-state index is 6.50. The second kappa shape index (κ2) is 7.65. The van der Waals surface area contributed by atoms with E-state index in [4.69, 9.17) is 18.9 Å². The highest BCUT2D eigenvalue weighted by molar-refractivity contribution is 5.54. The predicted molar refractivity (Wildman–Crippen MR) is 137 cm³/mol. The minimum absolute atomic E-state index is 0.260. The molecule has 0 spiro atoms. The third kappa shape index (κ3) is 3.52. The zero-order chi connectivity index (χ0) is 23.5. The van der Waals surface area contributed by atoms with Gasteiger partial charge in [-0.15, -0.1) is 0 Å². The van der Waals surface area contributed by atoms with Crippen molar-refractivity contribution >= 4 is 0 Å². The average Bonchev–Trinajstić information content (AvgIpc) is 3.75. The molecule has 2 unspecified atom stereocenters. The maximum Gasteiger partial charge on any atom is 0.161 e. The molecule has 0 radical (unpaired) electrons. The van der Waals surface area contributed by atoms with Gasteiger partial charge in [0, 0.05) is 0 Å². The van der Waals surface area contributed by atoms with E-state index >= 15 is 0 Å². The Labute approximate surface area is 215 Å². The molecule has 0 amide bonds. The molecule has 8 saturated carbocycles. The van der Waals surface area contributed by atoms with Crippen LogP contribution in [-0.2, 0) is 20.3 Å². The van der Waals surface area contributed by atoms with E-state index in [9.17, 15) is 0 Å². The lowest BCUT2D eigenvalue weighted by Crippen LogP contribution is -2.52. The van der Waals surface area contributed by atoms with Crippen molar-refractivity contribution in [3.05, 3.63) is 23.3 Å². The molecule has 0 N–H and O–H groups in total. The summed E-state index contributed by atoms with van der Waals surface area (Å²) in [5.41, 5.74) is 4.15. The fourth-order valence-corrected chi connectivity index (χ4v) is 11.2. The van der Waals surface area contributed by atoms with Crippen molar-refractivity contribution in [3.8, 4) is 11.5 Å². The van der Waals surface area contributed by atoms with Gasteiger partial charge in [0.2, 0.25) is 0 Å². The largest absolute Gasteiger partial charge is 0.487 e. The number of benzene rings is 1. The molecular weight excluding hydrogens is 448 g/mol. The lowest BCUT2D eigenvalue weighted by Gasteiger charge is -2.61. The fraction of sp³-hybridized carbons (Fsp3) is 0.812. The first-order valence-corrected chi connectivity index (χ1v) is 15.3. The minimum atomic E-state index is 0.260. The van der Waals surface area contributed by atoms with Crippen molar-refractivity contribution in [2.75, 3.05) is 26.4 Å². The van der Waals surface area contributed by atoms with Crippen molar-refractivity contribution in [1.82, 2.24) is 0 Å². The summed E-state index contributed by atoms with van der Waals surface area (Å²) in [4.78, 5) is 0. The summed E-state index contributed by atoms with van der Waals surface area (Å²) in [5.74, 6) is 7.66. The minimum Gasteiger partial charge on any atom is -0.487 e. The zero-order valence-corrected chi connectivity index (χ0v) is 21.7. The van der Waals surface area contributed by atoms with Crippen LogP contribution in [0.1, 0.15) is 88.2 Å². The highest BCUT2D eigenvalue weighted by Crippen LogP contribution is 2.66. The normalized spacial score (nSPS) is 48.9. The fourth-order valence-electron chi connectivity index (χ4n) is 11.2. The van der Waals surface area contributed by atoms with Crippen LogP contribution < -0.4 is 9.47 Å². The Morgan fingerprint density at radius 3 is 1.14 bits per heavy atom. The van der Waals surface area contributed by atoms with Crippen molar-refractivity contribution in [1.29, 1.82) is 0 Å². The van der Waals surface area contributed by atoms with Gasteiger partial charge in [-0.1, -0.05) is 0 Å². The molecule has 1 aromatic carbocycles. The molecule has 1 aromatic rings. The highest BCUT2D eigenvalue weighted by atomic mass is 16.6. The molecule has 2 aliphatic heterocycles. The summed E-state index contributed by atoms with van der Waals surface area (Å²) in [6, 6.07) is 5.04. The third-order valence-corrected chi connectivity index (χ3v) is 12.0. The van der Waals surface area contributed by atoms with Gasteiger partial charge < -0.3 is 18.9 Å². The molecule has 4 nitrogen and oxygen atoms in total. The predicted octanol–water partition coefficient (Wildman–Crippen LogP) is 6.18. The number of hydrogen-bond acceptors (Lipinski definition) is 4. The Morgan fingerprint density at radius 2 is 0.861 bits per heavy atom. The Bertz CT molecular complexity index is 899. The number of rotatable bonds is 8. The molecule has 2 heterocycles. The van der Waals surface area contributed by atoms with Gasteiger partial charge in [-0.2, -0.15) is 0 Å². The lowest BCUT2D eigenvalue weighted by molar-refractivity contribution is -0.0176. The topological polar surface area (TPSA) is 43.5 Å². The molecule has 8 aliphatic carbocycles. The first-order chi connectivity index (χ1) is 17.6. The van der Waals surface area contributed by atoms with E-state index in [1.165, 1.54) is 77.0 Å². The van der Waals surface area contributed by atoms with Gasteiger partial charge in [0.05, 0.1) is 13.2 Å². The van der Waals surface area contributed by atoms with Gasteiger partial charge in [-0.05, 0) is 147 Å². The van der Waals surface area contributed by atoms with Crippen molar-refractivity contribution < 1.29 is 18.9 Å². The Morgan fingerprint density at radius 1 is 0.556 bits per heavy atom. The molecule has 4 heteroatoms. The molecule has 0 aromatic heterocycles. The quantitative estimate of drug-likeness (QED) is 0.408. The van der Waals surface area contributed by atoms with Crippen LogP contribution in [0.3, 0.4) is 0 Å². The molecule has 11 rings (SSSR count). The second-order valence-electron chi connectivity index (χ2n) is 14.8. The van der Waals surface area contributed by atoms with Crippen LogP contribution in [0.25, 0.3) is 0 Å². The summed E-state index contributed by atoms with van der Waals surface area (Å²) in [7, 11) is 0. The molecule has 2 saturated heterocycles. The molecule has 10 fully saturated rings. The van der Waals surface area contributed by atoms with Crippen LogP contribution in [-0.4, -0.2) is 38.6 Å². The molecule has 2 atom stereocenters. The Balaban J connectivity index is 1.18. The average molecular weight is 491 g/mol. The van der Waals surface area contributed by atoms with Gasteiger partial charge in [-0.3, -0.25) is 0 Å². The summed E-state index contributed by atoms with van der Waals surface area (Å²) in [6.45, 7) is 2.96. The first-order valence-electron chi connectivity index (χ1n) is 15.3. The Kier molecular flexibility index (Phi) is 4.60.